The molecule has 0 bridgehead atoms. The van der Waals surface area contributed by atoms with Crippen LogP contribution in [0.15, 0.2) is 60.7 Å². The summed E-state index contributed by atoms with van der Waals surface area (Å²) in [7, 11) is 0. The van der Waals surface area contributed by atoms with E-state index in [2.05, 4.69) is 0 Å². The van der Waals surface area contributed by atoms with Crippen molar-refractivity contribution in [3.8, 4) is 23.0 Å². The Morgan fingerprint density at radius 1 is 0.531 bits per heavy atom. The van der Waals surface area contributed by atoms with Gasteiger partial charge in [0.2, 0.25) is 0 Å². The van der Waals surface area contributed by atoms with Crippen LogP contribution in [-0.2, 0) is 0 Å². The van der Waals surface area contributed by atoms with Crippen LogP contribution in [0.25, 0.3) is 0 Å². The van der Waals surface area contributed by atoms with E-state index in [0.29, 0.717) is 45.3 Å². The molecule has 0 radical (unpaired) electrons. The Morgan fingerprint density at radius 3 is 1.28 bits per heavy atom. The number of nitrogen functional groups attached to an aromatic ring is 4. The number of hydrogen-bond acceptors (Lipinski definition) is 6. The van der Waals surface area contributed by atoms with Crippen molar-refractivity contribution in [3.05, 3.63) is 82.9 Å². The molecule has 0 fully saturated rings. The Hall–Kier alpha value is -4.86. The molecule has 0 atom stereocenters. The zero-order valence-electron chi connectivity index (χ0n) is 16.9. The molecule has 32 heavy (non-hydrogen) atoms. The van der Waals surface area contributed by atoms with Gasteiger partial charge in [0.1, 0.15) is 46.3 Å². The fourth-order valence-electron chi connectivity index (χ4n) is 2.85. The largest absolute Gasteiger partial charge is 0.456 e. The zero-order chi connectivity index (χ0) is 23.4. The average molecular weight is 430 g/mol. The number of rotatable bonds is 8. The van der Waals surface area contributed by atoms with Gasteiger partial charge in [0.15, 0.2) is 0 Å². The number of ether oxygens (including phenoxy) is 2. The molecule has 10 heteroatoms. The molecule has 12 N–H and O–H groups in total. The van der Waals surface area contributed by atoms with E-state index in [1.807, 2.05) is 0 Å². The van der Waals surface area contributed by atoms with Crippen molar-refractivity contribution in [1.82, 2.24) is 0 Å². The second-order valence-corrected chi connectivity index (χ2v) is 6.76. The number of nitrogens with one attached hydrogen (secondary N) is 4. The van der Waals surface area contributed by atoms with Gasteiger partial charge in [0, 0.05) is 17.2 Å². The maximum Gasteiger partial charge on any atom is 0.138 e. The van der Waals surface area contributed by atoms with Crippen LogP contribution >= 0.6 is 0 Å². The topological polar surface area (TPSA) is 218 Å². The van der Waals surface area contributed by atoms with Gasteiger partial charge in [0.25, 0.3) is 0 Å². The molecule has 3 aromatic rings. The van der Waals surface area contributed by atoms with Gasteiger partial charge < -0.3 is 32.4 Å². The molecule has 3 aromatic carbocycles. The molecule has 0 amide bonds. The van der Waals surface area contributed by atoms with Gasteiger partial charge in [-0.25, -0.2) is 0 Å². The highest BCUT2D eigenvalue weighted by molar-refractivity contribution is 6.03. The minimum absolute atomic E-state index is 0.147. The molecule has 0 saturated carbocycles. The minimum atomic E-state index is -0.229. The van der Waals surface area contributed by atoms with Crippen LogP contribution in [0.5, 0.6) is 23.0 Å². The van der Waals surface area contributed by atoms with Gasteiger partial charge >= 0.3 is 0 Å². The van der Waals surface area contributed by atoms with Gasteiger partial charge in [-0.2, -0.15) is 0 Å². The Morgan fingerprint density at radius 2 is 0.938 bits per heavy atom. The highest BCUT2D eigenvalue weighted by atomic mass is 16.5. The van der Waals surface area contributed by atoms with Crippen molar-refractivity contribution < 1.29 is 9.47 Å². The van der Waals surface area contributed by atoms with E-state index in [9.17, 15) is 0 Å². The normalized spacial score (nSPS) is 10.2. The van der Waals surface area contributed by atoms with Crippen molar-refractivity contribution in [2.24, 2.45) is 22.9 Å². The summed E-state index contributed by atoms with van der Waals surface area (Å²) in [4.78, 5) is 0. The lowest BCUT2D eigenvalue weighted by Crippen LogP contribution is -2.16. The van der Waals surface area contributed by atoms with Crippen LogP contribution in [0.3, 0.4) is 0 Å². The first-order valence-electron chi connectivity index (χ1n) is 9.27. The van der Waals surface area contributed by atoms with Crippen LogP contribution in [0.2, 0.25) is 0 Å². The van der Waals surface area contributed by atoms with Gasteiger partial charge in [-0.3, -0.25) is 21.6 Å². The Bertz CT molecular complexity index is 1160. The Kier molecular flexibility index (Phi) is 6.06. The van der Waals surface area contributed by atoms with Crippen LogP contribution in [0.4, 0.5) is 0 Å². The maximum absolute atomic E-state index is 7.79. The lowest BCUT2D eigenvalue weighted by Gasteiger charge is -2.14. The maximum atomic E-state index is 7.79. The van der Waals surface area contributed by atoms with Crippen LogP contribution in [0, 0.1) is 21.6 Å². The summed E-state index contributed by atoms with van der Waals surface area (Å²) in [5, 5.41) is 30.7. The molecule has 0 spiro atoms. The van der Waals surface area contributed by atoms with Gasteiger partial charge in [-0.15, -0.1) is 0 Å². The van der Waals surface area contributed by atoms with E-state index >= 15 is 0 Å². The summed E-state index contributed by atoms with van der Waals surface area (Å²) in [6.45, 7) is 0. The van der Waals surface area contributed by atoms with Crippen molar-refractivity contribution in [3.63, 3.8) is 0 Å². The van der Waals surface area contributed by atoms with E-state index in [-0.39, 0.29) is 23.3 Å². The molecule has 0 aliphatic carbocycles. The summed E-state index contributed by atoms with van der Waals surface area (Å²) in [6, 6.07) is 16.1. The summed E-state index contributed by atoms with van der Waals surface area (Å²) < 4.78 is 11.8. The smallest absolute Gasteiger partial charge is 0.138 e. The fourth-order valence-corrected chi connectivity index (χ4v) is 2.85. The predicted octanol–water partition coefficient (Wildman–Crippen LogP) is 2.41. The van der Waals surface area contributed by atoms with Crippen molar-refractivity contribution in [2.45, 2.75) is 0 Å². The van der Waals surface area contributed by atoms with E-state index in [4.69, 9.17) is 54.0 Å². The highest BCUT2D eigenvalue weighted by Crippen LogP contribution is 2.32. The van der Waals surface area contributed by atoms with Crippen molar-refractivity contribution in [1.29, 1.82) is 21.6 Å². The van der Waals surface area contributed by atoms with Gasteiger partial charge in [-0.05, 0) is 48.5 Å². The summed E-state index contributed by atoms with van der Waals surface area (Å²) in [5.41, 5.74) is 23.8. The molecular formula is C22H22N8O2. The second kappa shape index (κ2) is 8.88. The third kappa shape index (κ3) is 4.82. The van der Waals surface area contributed by atoms with Gasteiger partial charge in [-0.1, -0.05) is 6.07 Å². The standard InChI is InChI=1S/C22H22N8O2/c23-19(24)11-4-6-17(15(8-11)21(27)28)31-13-2-1-3-14(10-13)32-18-7-5-12(20(25)26)9-16(18)22(29)30/h1-10H,(H3,23,24)(H3,25,26)(H3,27,28)(H3,29,30). The van der Waals surface area contributed by atoms with Crippen molar-refractivity contribution >= 4 is 23.3 Å². The first-order chi connectivity index (χ1) is 15.2. The number of amidine groups is 4. The van der Waals surface area contributed by atoms with Crippen LogP contribution < -0.4 is 32.4 Å². The second-order valence-electron chi connectivity index (χ2n) is 6.76. The molecular weight excluding hydrogens is 408 g/mol. The third-order valence-electron chi connectivity index (χ3n) is 4.42. The molecule has 0 aromatic heterocycles. The first-order valence-corrected chi connectivity index (χ1v) is 9.27. The quantitative estimate of drug-likeness (QED) is 0.198. The van der Waals surface area contributed by atoms with E-state index < -0.39 is 0 Å². The minimum Gasteiger partial charge on any atom is -0.456 e. The Balaban J connectivity index is 1.91. The molecule has 0 heterocycles. The fraction of sp³-hybridized carbons (Fsp3) is 0. The summed E-state index contributed by atoms with van der Waals surface area (Å²) in [6.07, 6.45) is 0. The predicted molar refractivity (Wildman–Crippen MR) is 124 cm³/mol. The van der Waals surface area contributed by atoms with Crippen molar-refractivity contribution in [2.75, 3.05) is 0 Å². The van der Waals surface area contributed by atoms with E-state index in [1.54, 1.807) is 48.5 Å². The lowest BCUT2D eigenvalue weighted by atomic mass is 10.1. The zero-order valence-corrected chi connectivity index (χ0v) is 16.9. The molecule has 162 valence electrons. The first kappa shape index (κ1) is 21.8. The Labute approximate surface area is 183 Å². The number of nitrogens with two attached hydrogens (primary N) is 4. The van der Waals surface area contributed by atoms with Crippen LogP contribution in [0.1, 0.15) is 22.3 Å². The molecule has 0 saturated heterocycles. The van der Waals surface area contributed by atoms with Crippen LogP contribution in [-0.4, -0.2) is 23.3 Å². The molecule has 0 aliphatic rings. The van der Waals surface area contributed by atoms with E-state index in [1.165, 1.54) is 12.1 Å². The van der Waals surface area contributed by atoms with Gasteiger partial charge in [0.05, 0.1) is 11.1 Å². The molecule has 0 unspecified atom stereocenters. The average Bonchev–Trinajstić information content (AvgIpc) is 2.74. The summed E-state index contributed by atoms with van der Waals surface area (Å²) in [5.74, 6) is 0.692. The number of hydrogen-bond donors (Lipinski definition) is 8. The molecule has 10 nitrogen and oxygen atoms in total. The number of benzene rings is 3. The molecule has 3 rings (SSSR count). The van der Waals surface area contributed by atoms with E-state index in [0.717, 1.165) is 0 Å². The highest BCUT2D eigenvalue weighted by Gasteiger charge is 2.13. The monoisotopic (exact) mass is 430 g/mol. The third-order valence-corrected chi connectivity index (χ3v) is 4.42. The lowest BCUT2D eigenvalue weighted by molar-refractivity contribution is 0.459. The molecule has 0 aliphatic heterocycles. The SMILES string of the molecule is N=C(N)c1ccc(Oc2cccc(Oc3ccc(C(=N)N)cc3C(=N)N)c2)c(C(=N)N)c1. The summed E-state index contributed by atoms with van der Waals surface area (Å²) >= 11 is 0.